The Bertz CT molecular complexity index is 373. The van der Waals surface area contributed by atoms with E-state index in [0.29, 0.717) is 19.4 Å². The van der Waals surface area contributed by atoms with Crippen LogP contribution in [0, 0.1) is 0 Å². The van der Waals surface area contributed by atoms with Crippen LogP contribution in [0.15, 0.2) is 0 Å². The minimum absolute atomic E-state index is 0.123. The summed E-state index contributed by atoms with van der Waals surface area (Å²) >= 11 is 0. The van der Waals surface area contributed by atoms with Gasteiger partial charge >= 0.3 is 5.97 Å². The van der Waals surface area contributed by atoms with E-state index >= 15 is 0 Å². The fourth-order valence-corrected chi connectivity index (χ4v) is 3.73. The maximum Gasteiger partial charge on any atom is 0.305 e. The average Bonchev–Trinajstić information content (AvgIpc) is 2.64. The Balaban J connectivity index is 2.62. The maximum atomic E-state index is 11.9. The minimum atomic E-state index is -3.48. The minimum Gasteiger partial charge on any atom is -0.481 e. The van der Waals surface area contributed by atoms with Crippen molar-refractivity contribution in [1.82, 2.24) is 4.72 Å². The quantitative estimate of drug-likeness (QED) is 0.639. The first-order valence-electron chi connectivity index (χ1n) is 6.20. The van der Waals surface area contributed by atoms with E-state index in [2.05, 4.69) is 4.72 Å². The second-order valence-electron chi connectivity index (χ2n) is 4.68. The summed E-state index contributed by atoms with van der Waals surface area (Å²) in [6.07, 6.45) is 2.75. The zero-order chi connectivity index (χ0) is 13.6. The van der Waals surface area contributed by atoms with Crippen molar-refractivity contribution in [3.05, 3.63) is 0 Å². The van der Waals surface area contributed by atoms with Crippen LogP contribution in [-0.2, 0) is 19.6 Å². The number of hydrogen-bond donors (Lipinski definition) is 2. The smallest absolute Gasteiger partial charge is 0.305 e. The van der Waals surface area contributed by atoms with Gasteiger partial charge in [-0.15, -0.1) is 0 Å². The molecule has 1 rings (SSSR count). The van der Waals surface area contributed by atoms with Crippen LogP contribution in [0.2, 0.25) is 0 Å². The van der Waals surface area contributed by atoms with Gasteiger partial charge in [-0.1, -0.05) is 12.8 Å². The molecular weight excluding hydrogens is 258 g/mol. The van der Waals surface area contributed by atoms with Crippen molar-refractivity contribution in [3.63, 3.8) is 0 Å². The monoisotopic (exact) mass is 279 g/mol. The Morgan fingerprint density at radius 2 is 2.00 bits per heavy atom. The molecule has 0 heterocycles. The summed E-state index contributed by atoms with van der Waals surface area (Å²) in [5.74, 6) is -1.09. The van der Waals surface area contributed by atoms with Gasteiger partial charge < -0.3 is 9.84 Å². The van der Waals surface area contributed by atoms with Crippen molar-refractivity contribution in [1.29, 1.82) is 0 Å². The van der Waals surface area contributed by atoms with Crippen LogP contribution in [0.3, 0.4) is 0 Å². The number of rotatable bonds is 8. The molecule has 0 bridgehead atoms. The van der Waals surface area contributed by atoms with Crippen LogP contribution in [-0.4, -0.2) is 44.0 Å². The maximum absolute atomic E-state index is 11.9. The SMILES string of the molecule is CCOCCS(=O)(=O)NC1(CC(=O)O)CCCC1. The van der Waals surface area contributed by atoms with Crippen LogP contribution in [0.25, 0.3) is 0 Å². The Morgan fingerprint density at radius 1 is 1.39 bits per heavy atom. The van der Waals surface area contributed by atoms with Crippen LogP contribution in [0.5, 0.6) is 0 Å². The summed E-state index contributed by atoms with van der Waals surface area (Å²) in [7, 11) is -3.48. The van der Waals surface area contributed by atoms with E-state index in [4.69, 9.17) is 9.84 Å². The second-order valence-corrected chi connectivity index (χ2v) is 6.52. The number of carboxylic acids is 1. The fraction of sp³-hybridized carbons (Fsp3) is 0.909. The molecule has 0 unspecified atom stereocenters. The number of ether oxygens (including phenoxy) is 1. The third-order valence-corrected chi connectivity index (χ3v) is 4.57. The highest BCUT2D eigenvalue weighted by Gasteiger charge is 2.39. The third-order valence-electron chi connectivity index (χ3n) is 3.12. The molecule has 1 aliphatic carbocycles. The van der Waals surface area contributed by atoms with Crippen LogP contribution >= 0.6 is 0 Å². The molecule has 1 fully saturated rings. The molecule has 0 radical (unpaired) electrons. The predicted octanol–water partition coefficient (Wildman–Crippen LogP) is 0.730. The number of hydrogen-bond acceptors (Lipinski definition) is 4. The lowest BCUT2D eigenvalue weighted by Gasteiger charge is -2.28. The molecule has 2 N–H and O–H groups in total. The molecule has 0 aromatic carbocycles. The molecule has 0 aliphatic heterocycles. The number of carbonyl (C=O) groups is 1. The summed E-state index contributed by atoms with van der Waals surface area (Å²) in [4.78, 5) is 10.8. The molecule has 0 spiro atoms. The van der Waals surface area contributed by atoms with Gasteiger partial charge in [0.25, 0.3) is 0 Å². The molecule has 0 aromatic heterocycles. The second kappa shape index (κ2) is 6.49. The summed E-state index contributed by atoms with van der Waals surface area (Å²) in [5, 5.41) is 8.89. The number of carboxylic acid groups (broad SMARTS) is 1. The molecule has 7 heteroatoms. The summed E-state index contributed by atoms with van der Waals surface area (Å²) in [6, 6.07) is 0. The van der Waals surface area contributed by atoms with Crippen LogP contribution < -0.4 is 4.72 Å². The molecule has 0 saturated heterocycles. The molecule has 18 heavy (non-hydrogen) atoms. The lowest BCUT2D eigenvalue weighted by atomic mass is 9.95. The van der Waals surface area contributed by atoms with Gasteiger partial charge in [0.1, 0.15) is 0 Å². The molecule has 0 amide bonds. The van der Waals surface area contributed by atoms with Crippen LogP contribution in [0.4, 0.5) is 0 Å². The standard InChI is InChI=1S/C11H21NO5S/c1-2-17-7-8-18(15,16)12-11(9-10(13)14)5-3-4-6-11/h12H,2-9H2,1H3,(H,13,14). The molecular formula is C11H21NO5S. The fourth-order valence-electron chi connectivity index (χ4n) is 2.35. The Kier molecular flexibility index (Phi) is 5.55. The molecule has 1 saturated carbocycles. The Labute approximate surface area is 108 Å². The van der Waals surface area contributed by atoms with Crippen molar-refractivity contribution < 1.29 is 23.1 Å². The number of aliphatic carboxylic acids is 1. The summed E-state index contributed by atoms with van der Waals surface area (Å²) in [5.41, 5.74) is -0.795. The summed E-state index contributed by atoms with van der Waals surface area (Å²) in [6.45, 7) is 2.40. The van der Waals surface area contributed by atoms with Crippen molar-refractivity contribution in [2.75, 3.05) is 19.0 Å². The van der Waals surface area contributed by atoms with E-state index in [1.54, 1.807) is 6.92 Å². The average molecular weight is 279 g/mol. The first-order chi connectivity index (χ1) is 8.39. The Morgan fingerprint density at radius 3 is 2.50 bits per heavy atom. The van der Waals surface area contributed by atoms with E-state index in [0.717, 1.165) is 12.8 Å². The van der Waals surface area contributed by atoms with Gasteiger partial charge in [-0.05, 0) is 19.8 Å². The van der Waals surface area contributed by atoms with E-state index in [-0.39, 0.29) is 18.8 Å². The zero-order valence-corrected chi connectivity index (χ0v) is 11.5. The molecule has 0 atom stereocenters. The molecule has 106 valence electrons. The van der Waals surface area contributed by atoms with E-state index < -0.39 is 21.5 Å². The van der Waals surface area contributed by atoms with Crippen molar-refractivity contribution >= 4 is 16.0 Å². The topological polar surface area (TPSA) is 92.7 Å². The first kappa shape index (κ1) is 15.4. The van der Waals surface area contributed by atoms with Crippen molar-refractivity contribution in [2.45, 2.75) is 44.6 Å². The zero-order valence-electron chi connectivity index (χ0n) is 10.6. The van der Waals surface area contributed by atoms with Crippen molar-refractivity contribution in [3.8, 4) is 0 Å². The summed E-state index contributed by atoms with van der Waals surface area (Å²) < 4.78 is 31.3. The van der Waals surface area contributed by atoms with Crippen LogP contribution in [0.1, 0.15) is 39.0 Å². The molecule has 0 aromatic rings. The number of nitrogens with one attached hydrogen (secondary N) is 1. The van der Waals surface area contributed by atoms with Gasteiger partial charge in [-0.2, -0.15) is 0 Å². The van der Waals surface area contributed by atoms with Gasteiger partial charge in [0.15, 0.2) is 0 Å². The Hall–Kier alpha value is -0.660. The highest BCUT2D eigenvalue weighted by atomic mass is 32.2. The lowest BCUT2D eigenvalue weighted by molar-refractivity contribution is -0.138. The largest absolute Gasteiger partial charge is 0.481 e. The van der Waals surface area contributed by atoms with Gasteiger partial charge in [-0.3, -0.25) is 4.79 Å². The number of sulfonamides is 1. The van der Waals surface area contributed by atoms with Gasteiger partial charge in [0, 0.05) is 12.1 Å². The van der Waals surface area contributed by atoms with E-state index in [1.165, 1.54) is 0 Å². The first-order valence-corrected chi connectivity index (χ1v) is 7.85. The van der Waals surface area contributed by atoms with Gasteiger partial charge in [0.05, 0.1) is 18.8 Å². The van der Waals surface area contributed by atoms with Gasteiger partial charge in [-0.25, -0.2) is 13.1 Å². The normalized spacial score (nSPS) is 18.9. The van der Waals surface area contributed by atoms with E-state index in [1.807, 2.05) is 0 Å². The molecule has 1 aliphatic rings. The molecule has 6 nitrogen and oxygen atoms in total. The lowest BCUT2D eigenvalue weighted by Crippen LogP contribution is -2.48. The highest BCUT2D eigenvalue weighted by Crippen LogP contribution is 2.33. The van der Waals surface area contributed by atoms with Gasteiger partial charge in [0.2, 0.25) is 10.0 Å². The van der Waals surface area contributed by atoms with E-state index in [9.17, 15) is 13.2 Å². The highest BCUT2D eigenvalue weighted by molar-refractivity contribution is 7.89. The third kappa shape index (κ3) is 4.91. The predicted molar refractivity (Wildman–Crippen MR) is 66.9 cm³/mol. The van der Waals surface area contributed by atoms with Crippen molar-refractivity contribution in [2.24, 2.45) is 0 Å².